The van der Waals surface area contributed by atoms with Crippen LogP contribution in [0.5, 0.6) is 0 Å². The average Bonchev–Trinajstić information content (AvgIpc) is 2.70. The van der Waals surface area contributed by atoms with E-state index < -0.39 is 6.35 Å². The van der Waals surface area contributed by atoms with Crippen molar-refractivity contribution in [1.82, 2.24) is 9.80 Å². The number of hydrogen-bond acceptors (Lipinski definition) is 6. The Kier molecular flexibility index (Phi) is 4.63. The lowest BCUT2D eigenvalue weighted by Gasteiger charge is -2.46. The molecule has 0 saturated carbocycles. The number of halogens is 3. The molecule has 3 heterocycles. The molecule has 3 aliphatic heterocycles. The molecule has 1 N–H and O–H groups in total. The van der Waals surface area contributed by atoms with E-state index in [-0.39, 0.29) is 17.9 Å². The summed E-state index contributed by atoms with van der Waals surface area (Å²) in [5.74, 6) is 1.17. The van der Waals surface area contributed by atoms with Gasteiger partial charge in [-0.3, -0.25) is 3.11 Å². The molecule has 3 atom stereocenters. The zero-order valence-electron chi connectivity index (χ0n) is 14.1. The van der Waals surface area contributed by atoms with E-state index >= 15 is 4.39 Å². The summed E-state index contributed by atoms with van der Waals surface area (Å²) in [5, 5.41) is 10.8. The van der Waals surface area contributed by atoms with E-state index in [0.717, 1.165) is 24.4 Å². The van der Waals surface area contributed by atoms with Crippen LogP contribution in [0.4, 0.5) is 10.1 Å². The first kappa shape index (κ1) is 18.1. The standard InChI is InChI=1S/C16H19ClFIN4OS/c1-7-4-21(3)5-9-6-25-14-10-13(11(17)8(2)12(14)18)23(19)16(24)20-15(10)22(7)9/h7,9,16,24H,4-6H2,1-3H3. The number of nitrogens with zero attached hydrogens (tertiary/aromatic N) is 4. The molecular weight excluding hydrogens is 478 g/mol. The van der Waals surface area contributed by atoms with Crippen molar-refractivity contribution in [3.8, 4) is 0 Å². The highest BCUT2D eigenvalue weighted by Crippen LogP contribution is 2.48. The number of fused-ring (bicyclic) bond motifs is 2. The van der Waals surface area contributed by atoms with Crippen LogP contribution in [0.25, 0.3) is 0 Å². The van der Waals surface area contributed by atoms with E-state index in [4.69, 9.17) is 11.6 Å². The van der Waals surface area contributed by atoms with Gasteiger partial charge < -0.3 is 14.9 Å². The normalized spacial score (nSPS) is 29.1. The average molecular weight is 497 g/mol. The van der Waals surface area contributed by atoms with E-state index in [1.54, 1.807) is 10.0 Å². The smallest absolute Gasteiger partial charge is 0.236 e. The zero-order chi connectivity index (χ0) is 18.0. The number of amidine groups is 1. The minimum Gasteiger partial charge on any atom is -0.354 e. The molecule has 1 saturated heterocycles. The largest absolute Gasteiger partial charge is 0.354 e. The Morgan fingerprint density at radius 2 is 2.12 bits per heavy atom. The van der Waals surface area contributed by atoms with Crippen LogP contribution in [-0.4, -0.2) is 65.1 Å². The lowest BCUT2D eigenvalue weighted by Crippen LogP contribution is -2.60. The van der Waals surface area contributed by atoms with Gasteiger partial charge in [0.2, 0.25) is 6.35 Å². The monoisotopic (exact) mass is 496 g/mol. The van der Waals surface area contributed by atoms with Gasteiger partial charge in [-0.1, -0.05) is 11.6 Å². The fourth-order valence-electron chi connectivity index (χ4n) is 3.97. The molecule has 0 aromatic heterocycles. The van der Waals surface area contributed by atoms with Crippen LogP contribution in [0.1, 0.15) is 18.1 Å². The van der Waals surface area contributed by atoms with Gasteiger partial charge in [0.1, 0.15) is 11.7 Å². The number of aliphatic imine (C=N–C) groups is 1. The maximum atomic E-state index is 15.0. The SMILES string of the molecule is Cc1c(F)c2c3c(c1Cl)N(I)C(O)N=C3N1C(C)CN(C)CC1CS2. The molecule has 1 aromatic carbocycles. The fourth-order valence-corrected chi connectivity index (χ4v) is 6.22. The third kappa shape index (κ3) is 2.67. The molecule has 0 aliphatic carbocycles. The first-order valence-electron chi connectivity index (χ1n) is 8.13. The van der Waals surface area contributed by atoms with E-state index in [0.29, 0.717) is 27.0 Å². The molecule has 1 aromatic rings. The highest BCUT2D eigenvalue weighted by molar-refractivity contribution is 14.1. The minimum absolute atomic E-state index is 0.212. The first-order chi connectivity index (χ1) is 11.8. The van der Waals surface area contributed by atoms with Gasteiger partial charge in [0.25, 0.3) is 0 Å². The number of aliphatic hydroxyl groups is 1. The van der Waals surface area contributed by atoms with Crippen LogP contribution >= 0.6 is 46.2 Å². The molecule has 3 unspecified atom stereocenters. The summed E-state index contributed by atoms with van der Waals surface area (Å²) < 4.78 is 16.6. The summed E-state index contributed by atoms with van der Waals surface area (Å²) in [6, 6.07) is 0.433. The summed E-state index contributed by atoms with van der Waals surface area (Å²) in [4.78, 5) is 9.66. The van der Waals surface area contributed by atoms with Crippen LogP contribution in [0.15, 0.2) is 9.89 Å². The Balaban J connectivity index is 1.98. The minimum atomic E-state index is -1.03. The van der Waals surface area contributed by atoms with Crippen LogP contribution < -0.4 is 3.11 Å². The first-order valence-corrected chi connectivity index (χ1v) is 10.5. The Hall–Kier alpha value is -0.290. The van der Waals surface area contributed by atoms with Crippen molar-refractivity contribution in [1.29, 1.82) is 0 Å². The summed E-state index contributed by atoms with van der Waals surface area (Å²) in [6.45, 7) is 5.62. The van der Waals surface area contributed by atoms with Crippen molar-refractivity contribution >= 4 is 57.8 Å². The summed E-state index contributed by atoms with van der Waals surface area (Å²) in [6.07, 6.45) is -1.03. The van der Waals surface area contributed by atoms with Gasteiger partial charge in [-0.05, 0) is 20.9 Å². The molecule has 9 heteroatoms. The van der Waals surface area contributed by atoms with Crippen molar-refractivity contribution in [2.75, 3.05) is 29.0 Å². The number of benzene rings is 1. The molecule has 0 amide bonds. The molecule has 0 spiro atoms. The Bertz CT molecular complexity index is 779. The maximum Gasteiger partial charge on any atom is 0.236 e. The Morgan fingerprint density at radius 1 is 1.40 bits per heavy atom. The molecule has 136 valence electrons. The number of piperazine rings is 1. The van der Waals surface area contributed by atoms with Gasteiger partial charge in [-0.2, -0.15) is 0 Å². The van der Waals surface area contributed by atoms with Gasteiger partial charge in [-0.25, -0.2) is 9.38 Å². The number of anilines is 1. The molecular formula is C16H19ClFIN4OS. The molecule has 3 aliphatic rings. The second-order valence-corrected chi connectivity index (χ2v) is 9.31. The van der Waals surface area contributed by atoms with Crippen molar-refractivity contribution in [3.63, 3.8) is 0 Å². The highest BCUT2D eigenvalue weighted by Gasteiger charge is 2.43. The quantitative estimate of drug-likeness (QED) is 0.442. The number of hydrogen-bond donors (Lipinski definition) is 1. The lowest BCUT2D eigenvalue weighted by molar-refractivity contribution is 0.112. The van der Waals surface area contributed by atoms with Crippen LogP contribution in [0.2, 0.25) is 5.02 Å². The molecule has 1 fully saturated rings. The van der Waals surface area contributed by atoms with Crippen molar-refractivity contribution in [2.24, 2.45) is 4.99 Å². The van der Waals surface area contributed by atoms with E-state index in [1.165, 1.54) is 11.8 Å². The van der Waals surface area contributed by atoms with E-state index in [9.17, 15) is 5.11 Å². The number of likely N-dealkylation sites (N-methyl/N-ethyl adjacent to an activating group) is 1. The highest BCUT2D eigenvalue weighted by atomic mass is 127. The van der Waals surface area contributed by atoms with Crippen LogP contribution in [-0.2, 0) is 0 Å². The molecule has 5 nitrogen and oxygen atoms in total. The van der Waals surface area contributed by atoms with Gasteiger partial charge in [0.05, 0.1) is 50.1 Å². The number of rotatable bonds is 0. The topological polar surface area (TPSA) is 42.3 Å². The summed E-state index contributed by atoms with van der Waals surface area (Å²) in [5.41, 5.74) is 1.80. The number of thioether (sulfide) groups is 1. The molecule has 0 radical (unpaired) electrons. The lowest BCUT2D eigenvalue weighted by atomic mass is 10.0. The van der Waals surface area contributed by atoms with Gasteiger partial charge in [0, 0.05) is 30.4 Å². The summed E-state index contributed by atoms with van der Waals surface area (Å²) >= 11 is 10.0. The Morgan fingerprint density at radius 3 is 2.84 bits per heavy atom. The third-order valence-corrected chi connectivity index (χ3v) is 7.71. The van der Waals surface area contributed by atoms with E-state index in [2.05, 4.69) is 28.8 Å². The fraction of sp³-hybridized carbons (Fsp3) is 0.562. The van der Waals surface area contributed by atoms with Crippen LogP contribution in [0.3, 0.4) is 0 Å². The molecule has 0 bridgehead atoms. The predicted octanol–water partition coefficient (Wildman–Crippen LogP) is 3.09. The summed E-state index contributed by atoms with van der Waals surface area (Å²) in [7, 11) is 2.10. The third-order valence-electron chi connectivity index (χ3n) is 5.04. The van der Waals surface area contributed by atoms with Gasteiger partial charge >= 0.3 is 0 Å². The predicted molar refractivity (Wildman–Crippen MR) is 108 cm³/mol. The van der Waals surface area contributed by atoms with Crippen LogP contribution in [0, 0.1) is 12.7 Å². The second kappa shape index (κ2) is 6.40. The van der Waals surface area contributed by atoms with Crippen molar-refractivity contribution < 1.29 is 9.50 Å². The Labute approximate surface area is 169 Å². The van der Waals surface area contributed by atoms with E-state index in [1.807, 2.05) is 22.9 Å². The van der Waals surface area contributed by atoms with Gasteiger partial charge in [0.15, 0.2) is 0 Å². The second-order valence-electron chi connectivity index (χ2n) is 6.86. The number of aliphatic hydroxyl groups excluding tert-OH is 1. The maximum absolute atomic E-state index is 15.0. The van der Waals surface area contributed by atoms with Crippen molar-refractivity contribution in [2.45, 2.75) is 37.2 Å². The zero-order valence-corrected chi connectivity index (χ0v) is 17.9. The molecule has 25 heavy (non-hydrogen) atoms. The molecule has 4 rings (SSSR count). The van der Waals surface area contributed by atoms with Crippen molar-refractivity contribution in [3.05, 3.63) is 22.0 Å². The van der Waals surface area contributed by atoms with Gasteiger partial charge in [-0.15, -0.1) is 11.8 Å².